The zero-order chi connectivity index (χ0) is 12.2. The fourth-order valence-corrected chi connectivity index (χ4v) is 1.28. The quantitative estimate of drug-likeness (QED) is 0.703. The Kier molecular flexibility index (Phi) is 3.84. The lowest BCUT2D eigenvalue weighted by Crippen LogP contribution is -2.32. The van der Waals surface area contributed by atoms with Crippen molar-refractivity contribution in [3.8, 4) is 0 Å². The third-order valence-corrected chi connectivity index (χ3v) is 2.21. The Morgan fingerprint density at radius 3 is 2.62 bits per heavy atom. The summed E-state index contributed by atoms with van der Waals surface area (Å²) >= 11 is 0. The van der Waals surface area contributed by atoms with E-state index in [9.17, 15) is 4.79 Å². The number of anilines is 1. The van der Waals surface area contributed by atoms with Gasteiger partial charge in [-0.3, -0.25) is 0 Å². The first-order valence-corrected chi connectivity index (χ1v) is 5.03. The summed E-state index contributed by atoms with van der Waals surface area (Å²) in [6.07, 6.45) is 1.90. The van der Waals surface area contributed by atoms with Gasteiger partial charge in [-0.2, -0.15) is 0 Å². The minimum absolute atomic E-state index is 0.0905. The second-order valence-corrected chi connectivity index (χ2v) is 4.22. The summed E-state index contributed by atoms with van der Waals surface area (Å²) in [6, 6.07) is 3.11. The maximum Gasteiger partial charge on any atom is 0.337 e. The van der Waals surface area contributed by atoms with Crippen molar-refractivity contribution in [2.75, 3.05) is 11.9 Å². The van der Waals surface area contributed by atoms with Crippen LogP contribution in [0.1, 0.15) is 30.6 Å². The first kappa shape index (κ1) is 12.4. The van der Waals surface area contributed by atoms with E-state index in [0.717, 1.165) is 0 Å². The largest absolute Gasteiger partial charge is 0.478 e. The predicted molar refractivity (Wildman–Crippen MR) is 60.6 cm³/mol. The highest BCUT2D eigenvalue weighted by Crippen LogP contribution is 2.16. The number of carbonyl (C=O) groups is 1. The maximum atomic E-state index is 10.6. The summed E-state index contributed by atoms with van der Waals surface area (Å²) in [5, 5.41) is 20.7. The molecule has 5 heteroatoms. The number of aliphatic hydroxyl groups is 1. The fourth-order valence-electron chi connectivity index (χ4n) is 1.28. The third-order valence-electron chi connectivity index (χ3n) is 2.21. The lowest BCUT2D eigenvalue weighted by molar-refractivity contribution is 0.0696. The van der Waals surface area contributed by atoms with Gasteiger partial charge in [0.1, 0.15) is 5.82 Å². The molecule has 0 amide bonds. The molecule has 0 fully saturated rings. The molecule has 0 aliphatic carbocycles. The zero-order valence-corrected chi connectivity index (χ0v) is 9.40. The van der Waals surface area contributed by atoms with Crippen molar-refractivity contribution >= 4 is 11.8 Å². The number of aliphatic hydroxyl groups excluding tert-OH is 1. The molecule has 0 aliphatic rings. The van der Waals surface area contributed by atoms with E-state index < -0.39 is 5.97 Å². The summed E-state index contributed by atoms with van der Waals surface area (Å²) in [5.41, 5.74) is -0.113. The SMILES string of the molecule is CC(C)(CCO)Nc1ccc(C(=O)O)cn1. The molecular weight excluding hydrogens is 208 g/mol. The molecule has 88 valence electrons. The third kappa shape index (κ3) is 3.51. The molecule has 0 bridgehead atoms. The minimum Gasteiger partial charge on any atom is -0.478 e. The highest BCUT2D eigenvalue weighted by atomic mass is 16.4. The number of nitrogens with zero attached hydrogens (tertiary/aromatic N) is 1. The smallest absolute Gasteiger partial charge is 0.337 e. The summed E-state index contributed by atoms with van der Waals surface area (Å²) in [5.74, 6) is -0.392. The fraction of sp³-hybridized carbons (Fsp3) is 0.455. The second-order valence-electron chi connectivity index (χ2n) is 4.22. The van der Waals surface area contributed by atoms with Crippen LogP contribution >= 0.6 is 0 Å². The topological polar surface area (TPSA) is 82.5 Å². The van der Waals surface area contributed by atoms with E-state index in [1.54, 1.807) is 6.07 Å². The van der Waals surface area contributed by atoms with Crippen LogP contribution < -0.4 is 5.32 Å². The minimum atomic E-state index is -0.992. The molecule has 1 heterocycles. The van der Waals surface area contributed by atoms with Gasteiger partial charge in [-0.05, 0) is 32.4 Å². The predicted octanol–water partition coefficient (Wildman–Crippen LogP) is 1.35. The molecule has 3 N–H and O–H groups in total. The number of aromatic nitrogens is 1. The number of hydrogen-bond donors (Lipinski definition) is 3. The summed E-state index contributed by atoms with van der Waals surface area (Å²) in [7, 11) is 0. The molecule has 0 unspecified atom stereocenters. The van der Waals surface area contributed by atoms with Gasteiger partial charge in [0.2, 0.25) is 0 Å². The molecule has 1 aromatic heterocycles. The van der Waals surface area contributed by atoms with Gasteiger partial charge in [0.05, 0.1) is 5.56 Å². The van der Waals surface area contributed by atoms with Crippen LogP contribution in [0.5, 0.6) is 0 Å². The van der Waals surface area contributed by atoms with Crippen LogP contribution in [0.4, 0.5) is 5.82 Å². The number of pyridine rings is 1. The standard InChI is InChI=1S/C11H16N2O3/c1-11(2,5-6-14)13-9-4-3-8(7-12-9)10(15)16/h3-4,7,14H,5-6H2,1-2H3,(H,12,13)(H,15,16). The van der Waals surface area contributed by atoms with Crippen LogP contribution in [-0.2, 0) is 0 Å². The number of carboxylic acid groups (broad SMARTS) is 1. The Hall–Kier alpha value is -1.62. The molecule has 5 nitrogen and oxygen atoms in total. The Labute approximate surface area is 94.1 Å². The lowest BCUT2D eigenvalue weighted by Gasteiger charge is -2.25. The Balaban J connectivity index is 2.72. The van der Waals surface area contributed by atoms with Gasteiger partial charge in [0, 0.05) is 18.3 Å². The van der Waals surface area contributed by atoms with Gasteiger partial charge in [-0.15, -0.1) is 0 Å². The monoisotopic (exact) mass is 224 g/mol. The molecule has 0 aliphatic heterocycles. The van der Waals surface area contributed by atoms with Crippen LogP contribution in [0.15, 0.2) is 18.3 Å². The van der Waals surface area contributed by atoms with Gasteiger partial charge in [0.15, 0.2) is 0 Å². The molecular formula is C11H16N2O3. The van der Waals surface area contributed by atoms with Crippen molar-refractivity contribution in [2.45, 2.75) is 25.8 Å². The Morgan fingerprint density at radius 2 is 2.19 bits per heavy atom. The normalized spacial score (nSPS) is 11.2. The van der Waals surface area contributed by atoms with E-state index in [4.69, 9.17) is 10.2 Å². The van der Waals surface area contributed by atoms with Crippen molar-refractivity contribution in [2.24, 2.45) is 0 Å². The first-order valence-electron chi connectivity index (χ1n) is 5.03. The van der Waals surface area contributed by atoms with Gasteiger partial charge >= 0.3 is 5.97 Å². The molecule has 0 radical (unpaired) electrons. The van der Waals surface area contributed by atoms with Crippen molar-refractivity contribution in [3.05, 3.63) is 23.9 Å². The second kappa shape index (κ2) is 4.94. The number of carboxylic acids is 1. The molecule has 1 rings (SSSR count). The van der Waals surface area contributed by atoms with Crippen LogP contribution in [0, 0.1) is 0 Å². The number of rotatable bonds is 5. The Morgan fingerprint density at radius 1 is 1.50 bits per heavy atom. The number of nitrogens with one attached hydrogen (secondary N) is 1. The van der Waals surface area contributed by atoms with Crippen LogP contribution in [0.3, 0.4) is 0 Å². The molecule has 0 atom stereocenters. The van der Waals surface area contributed by atoms with Crippen molar-refractivity contribution in [1.29, 1.82) is 0 Å². The highest BCUT2D eigenvalue weighted by molar-refractivity contribution is 5.87. The van der Waals surface area contributed by atoms with Crippen molar-refractivity contribution < 1.29 is 15.0 Å². The highest BCUT2D eigenvalue weighted by Gasteiger charge is 2.17. The average Bonchev–Trinajstić information content (AvgIpc) is 2.17. The lowest BCUT2D eigenvalue weighted by atomic mass is 10.0. The van der Waals surface area contributed by atoms with E-state index in [0.29, 0.717) is 12.2 Å². The molecule has 0 saturated carbocycles. The van der Waals surface area contributed by atoms with Crippen LogP contribution in [0.2, 0.25) is 0 Å². The van der Waals surface area contributed by atoms with Crippen molar-refractivity contribution in [1.82, 2.24) is 4.98 Å². The average molecular weight is 224 g/mol. The van der Waals surface area contributed by atoms with Gasteiger partial charge < -0.3 is 15.5 Å². The van der Waals surface area contributed by atoms with Crippen LogP contribution in [0.25, 0.3) is 0 Å². The van der Waals surface area contributed by atoms with E-state index in [-0.39, 0.29) is 17.7 Å². The van der Waals surface area contributed by atoms with Crippen LogP contribution in [-0.4, -0.2) is 33.3 Å². The number of hydrogen-bond acceptors (Lipinski definition) is 4. The molecule has 16 heavy (non-hydrogen) atoms. The van der Waals surface area contributed by atoms with E-state index in [1.807, 2.05) is 13.8 Å². The summed E-state index contributed by atoms with van der Waals surface area (Å²) < 4.78 is 0. The first-order chi connectivity index (χ1) is 7.44. The molecule has 1 aromatic rings. The molecule has 0 aromatic carbocycles. The van der Waals surface area contributed by atoms with Gasteiger partial charge in [-0.1, -0.05) is 0 Å². The van der Waals surface area contributed by atoms with Gasteiger partial charge in [0.25, 0.3) is 0 Å². The zero-order valence-electron chi connectivity index (χ0n) is 9.40. The molecule has 0 saturated heterocycles. The molecule has 0 spiro atoms. The Bertz CT molecular complexity index is 360. The number of aromatic carboxylic acids is 1. The van der Waals surface area contributed by atoms with E-state index in [2.05, 4.69) is 10.3 Å². The summed E-state index contributed by atoms with van der Waals surface area (Å²) in [4.78, 5) is 14.6. The van der Waals surface area contributed by atoms with E-state index in [1.165, 1.54) is 12.3 Å². The summed E-state index contributed by atoms with van der Waals surface area (Å²) in [6.45, 7) is 3.97. The van der Waals surface area contributed by atoms with Crippen molar-refractivity contribution in [3.63, 3.8) is 0 Å². The van der Waals surface area contributed by atoms with E-state index >= 15 is 0 Å². The van der Waals surface area contributed by atoms with Gasteiger partial charge in [-0.25, -0.2) is 9.78 Å². The maximum absolute atomic E-state index is 10.6.